The van der Waals surface area contributed by atoms with Crippen LogP contribution in [0.3, 0.4) is 0 Å². The number of aryl methyl sites for hydroxylation is 1. The first-order valence-corrected chi connectivity index (χ1v) is 9.63. The Kier molecular flexibility index (Phi) is 8.09. The number of nitrogens with zero attached hydrogens (tertiary/aromatic N) is 5. The van der Waals surface area contributed by atoms with Crippen LogP contribution in [0.5, 0.6) is 0 Å². The lowest BCUT2D eigenvalue weighted by atomic mass is 9.94. The molecule has 0 fully saturated rings. The van der Waals surface area contributed by atoms with Gasteiger partial charge in [0.1, 0.15) is 5.82 Å². The maximum atomic E-state index is 4.76. The Balaban J connectivity index is 0.00000280. The molecule has 0 amide bonds. The predicted molar refractivity (Wildman–Crippen MR) is 126 cm³/mol. The zero-order valence-electron chi connectivity index (χ0n) is 17.4. The van der Waals surface area contributed by atoms with E-state index in [1.54, 1.807) is 0 Å². The highest BCUT2D eigenvalue weighted by Crippen LogP contribution is 2.21. The highest BCUT2D eigenvalue weighted by atomic mass is 127. The van der Waals surface area contributed by atoms with Crippen LogP contribution in [0.25, 0.3) is 0 Å². The molecule has 1 atom stereocenters. The molecule has 0 saturated heterocycles. The summed E-state index contributed by atoms with van der Waals surface area (Å²) < 4.78 is 2.07. The van der Waals surface area contributed by atoms with Crippen LogP contribution in [0, 0.1) is 0 Å². The molecule has 0 radical (unpaired) electrons. The zero-order valence-corrected chi connectivity index (χ0v) is 19.8. The average Bonchev–Trinajstić information content (AvgIpc) is 3.09. The van der Waals surface area contributed by atoms with Crippen LogP contribution >= 0.6 is 24.0 Å². The molecule has 2 aromatic rings. The number of nitrogens with one attached hydrogen (secondary N) is 2. The van der Waals surface area contributed by atoms with Crippen molar-refractivity contribution >= 4 is 35.8 Å². The number of anilines is 1. The molecule has 1 aliphatic rings. The first-order chi connectivity index (χ1) is 13.0. The summed E-state index contributed by atoms with van der Waals surface area (Å²) in [7, 11) is 5.83. The molecule has 0 aliphatic heterocycles. The molecule has 1 unspecified atom stereocenters. The summed E-state index contributed by atoms with van der Waals surface area (Å²) in [5.74, 6) is 1.79. The number of aliphatic imine (C=N–C) groups is 1. The van der Waals surface area contributed by atoms with Crippen molar-refractivity contribution in [3.8, 4) is 0 Å². The summed E-state index contributed by atoms with van der Waals surface area (Å²) in [5, 5.41) is 11.7. The van der Waals surface area contributed by atoms with Crippen molar-refractivity contribution in [1.29, 1.82) is 0 Å². The molecule has 2 heterocycles. The van der Waals surface area contributed by atoms with E-state index in [1.165, 1.54) is 11.3 Å². The number of hydrogen-bond acceptors (Lipinski definition) is 4. The molecule has 7 nitrogen and oxygen atoms in total. The lowest BCUT2D eigenvalue weighted by Crippen LogP contribution is -2.45. The highest BCUT2D eigenvalue weighted by molar-refractivity contribution is 14.0. The van der Waals surface area contributed by atoms with Gasteiger partial charge in [-0.3, -0.25) is 9.67 Å². The van der Waals surface area contributed by atoms with Crippen molar-refractivity contribution in [3.63, 3.8) is 0 Å². The van der Waals surface area contributed by atoms with E-state index in [0.29, 0.717) is 18.6 Å². The van der Waals surface area contributed by atoms with E-state index in [9.17, 15) is 0 Å². The molecule has 3 rings (SSSR count). The van der Waals surface area contributed by atoms with E-state index in [1.807, 2.05) is 38.3 Å². The summed E-state index contributed by atoms with van der Waals surface area (Å²) in [6, 6.07) is 4.81. The van der Waals surface area contributed by atoms with E-state index in [2.05, 4.69) is 51.4 Å². The van der Waals surface area contributed by atoms with Crippen LogP contribution in [0.4, 0.5) is 5.82 Å². The molecular formula is C20H32IN7. The first kappa shape index (κ1) is 22.4. The van der Waals surface area contributed by atoms with Gasteiger partial charge in [0.05, 0.1) is 5.69 Å². The summed E-state index contributed by atoms with van der Waals surface area (Å²) in [6.45, 7) is 5.02. The lowest BCUT2D eigenvalue weighted by molar-refractivity contribution is 0.499. The van der Waals surface area contributed by atoms with Crippen LogP contribution in [0.1, 0.15) is 43.1 Å². The van der Waals surface area contributed by atoms with E-state index in [4.69, 9.17) is 5.10 Å². The minimum atomic E-state index is 0. The Morgan fingerprint density at radius 3 is 2.86 bits per heavy atom. The van der Waals surface area contributed by atoms with Crippen LogP contribution in [-0.4, -0.2) is 47.9 Å². The molecule has 1 aliphatic carbocycles. The third kappa shape index (κ3) is 5.36. The van der Waals surface area contributed by atoms with Crippen molar-refractivity contribution in [3.05, 3.63) is 41.3 Å². The predicted octanol–water partition coefficient (Wildman–Crippen LogP) is 2.77. The van der Waals surface area contributed by atoms with Gasteiger partial charge in [0.2, 0.25) is 0 Å². The molecule has 0 aromatic carbocycles. The number of rotatable bonds is 5. The largest absolute Gasteiger partial charge is 0.362 e. The zero-order chi connectivity index (χ0) is 19.4. The van der Waals surface area contributed by atoms with Crippen LogP contribution in [0.15, 0.2) is 29.5 Å². The van der Waals surface area contributed by atoms with Gasteiger partial charge in [0.15, 0.2) is 5.96 Å². The number of hydrogen-bond donors (Lipinski definition) is 2. The Bertz CT molecular complexity index is 798. The fraction of sp³-hybridized carbons (Fsp3) is 0.550. The molecule has 28 heavy (non-hydrogen) atoms. The number of aromatic nitrogens is 3. The van der Waals surface area contributed by atoms with Crippen LogP contribution < -0.4 is 15.5 Å². The molecule has 0 bridgehead atoms. The Labute approximate surface area is 185 Å². The summed E-state index contributed by atoms with van der Waals surface area (Å²) in [6.07, 6.45) is 7.11. The minimum absolute atomic E-state index is 0. The number of fused-ring (bicyclic) bond motifs is 1. The number of guanidine groups is 1. The molecule has 2 N–H and O–H groups in total. The molecule has 154 valence electrons. The quantitative estimate of drug-likeness (QED) is 0.378. The van der Waals surface area contributed by atoms with Gasteiger partial charge in [-0.1, -0.05) is 6.07 Å². The van der Waals surface area contributed by atoms with Gasteiger partial charge >= 0.3 is 0 Å². The number of pyridine rings is 1. The minimum Gasteiger partial charge on any atom is -0.362 e. The third-order valence-corrected chi connectivity index (χ3v) is 4.93. The van der Waals surface area contributed by atoms with Gasteiger partial charge < -0.3 is 15.5 Å². The fourth-order valence-electron chi connectivity index (χ4n) is 3.44. The summed E-state index contributed by atoms with van der Waals surface area (Å²) in [5.41, 5.74) is 3.74. The number of halogens is 1. The second-order valence-corrected chi connectivity index (χ2v) is 7.57. The Morgan fingerprint density at radius 2 is 2.18 bits per heavy atom. The van der Waals surface area contributed by atoms with Gasteiger partial charge in [0.25, 0.3) is 0 Å². The second-order valence-electron chi connectivity index (χ2n) is 7.57. The van der Waals surface area contributed by atoms with Gasteiger partial charge in [-0.05, 0) is 38.3 Å². The molecule has 2 aromatic heterocycles. The lowest BCUT2D eigenvalue weighted by Gasteiger charge is -2.25. The van der Waals surface area contributed by atoms with E-state index in [0.717, 1.165) is 36.6 Å². The van der Waals surface area contributed by atoms with E-state index in [-0.39, 0.29) is 24.0 Å². The molecule has 8 heteroatoms. The second kappa shape index (κ2) is 10.1. The summed E-state index contributed by atoms with van der Waals surface area (Å²) in [4.78, 5) is 10.9. The third-order valence-electron chi connectivity index (χ3n) is 4.93. The Morgan fingerprint density at radius 1 is 1.39 bits per heavy atom. The van der Waals surface area contributed by atoms with Gasteiger partial charge in [-0.15, -0.1) is 24.0 Å². The van der Waals surface area contributed by atoms with Crippen LogP contribution in [-0.2, 0) is 19.4 Å². The normalized spacial score (nSPS) is 16.4. The van der Waals surface area contributed by atoms with Gasteiger partial charge in [0, 0.05) is 64.1 Å². The Hall–Kier alpha value is -1.84. The monoisotopic (exact) mass is 497 g/mol. The summed E-state index contributed by atoms with van der Waals surface area (Å²) >= 11 is 0. The maximum Gasteiger partial charge on any atom is 0.191 e. The maximum absolute atomic E-state index is 4.76. The topological polar surface area (TPSA) is 70.4 Å². The molecule has 0 saturated carbocycles. The van der Waals surface area contributed by atoms with E-state index >= 15 is 0 Å². The van der Waals surface area contributed by atoms with Gasteiger partial charge in [-0.2, -0.15) is 5.10 Å². The average molecular weight is 497 g/mol. The SMILES string of the molecule is CN=C(NCc1cccnc1N(C)C)NC1CCc2cn(C(C)C)nc2C1.I. The van der Waals surface area contributed by atoms with Crippen molar-refractivity contribution in [1.82, 2.24) is 25.4 Å². The van der Waals surface area contributed by atoms with Crippen molar-refractivity contribution in [2.45, 2.75) is 51.7 Å². The fourth-order valence-corrected chi connectivity index (χ4v) is 3.44. The smallest absolute Gasteiger partial charge is 0.191 e. The molecular weight excluding hydrogens is 465 g/mol. The first-order valence-electron chi connectivity index (χ1n) is 9.63. The molecule has 0 spiro atoms. The van der Waals surface area contributed by atoms with Crippen molar-refractivity contribution in [2.24, 2.45) is 4.99 Å². The standard InChI is InChI=1S/C20H31N7.HI/c1-14(2)27-13-16-8-9-17(11-18(16)25-27)24-20(21-3)23-12-15-7-6-10-22-19(15)26(4)5;/h6-7,10,13-14,17H,8-9,11-12H2,1-5H3,(H2,21,23,24);1H. The van der Waals surface area contributed by atoms with E-state index < -0.39 is 0 Å². The van der Waals surface area contributed by atoms with Crippen molar-refractivity contribution in [2.75, 3.05) is 26.0 Å². The van der Waals surface area contributed by atoms with Crippen molar-refractivity contribution < 1.29 is 0 Å². The van der Waals surface area contributed by atoms with Gasteiger partial charge in [-0.25, -0.2) is 4.98 Å². The highest BCUT2D eigenvalue weighted by Gasteiger charge is 2.23. The van der Waals surface area contributed by atoms with Crippen LogP contribution in [0.2, 0.25) is 0 Å².